The number of likely N-dealkylation sites (tertiary alicyclic amines) is 1. The highest BCUT2D eigenvalue weighted by atomic mass is 16.5. The van der Waals surface area contributed by atoms with E-state index in [1.54, 1.807) is 12.0 Å². The van der Waals surface area contributed by atoms with E-state index in [1.165, 1.54) is 7.11 Å². The molecule has 1 aliphatic heterocycles. The van der Waals surface area contributed by atoms with Crippen LogP contribution in [0.2, 0.25) is 0 Å². The van der Waals surface area contributed by atoms with Crippen LogP contribution in [-0.2, 0) is 20.9 Å². The maximum atomic E-state index is 12.6. The Kier molecular flexibility index (Phi) is 7.91. The van der Waals surface area contributed by atoms with Crippen molar-refractivity contribution in [2.24, 2.45) is 5.92 Å². The molecule has 1 heterocycles. The van der Waals surface area contributed by atoms with E-state index in [0.29, 0.717) is 25.4 Å². The van der Waals surface area contributed by atoms with Gasteiger partial charge in [0.2, 0.25) is 5.91 Å². The molecule has 1 aliphatic rings. The zero-order valence-corrected chi connectivity index (χ0v) is 16.1. The van der Waals surface area contributed by atoms with Crippen molar-refractivity contribution in [2.45, 2.75) is 32.2 Å². The Morgan fingerprint density at radius 2 is 1.96 bits per heavy atom. The number of amides is 1. The smallest absolute Gasteiger partial charge is 0.305 e. The number of nitrogens with zero attached hydrogens (tertiary/aromatic N) is 2. The van der Waals surface area contributed by atoms with Gasteiger partial charge < -0.3 is 14.4 Å². The minimum absolute atomic E-state index is 0.0994. The predicted octanol–water partition coefficient (Wildman–Crippen LogP) is 2.32. The van der Waals surface area contributed by atoms with Crippen LogP contribution in [0.5, 0.6) is 5.75 Å². The third kappa shape index (κ3) is 6.02. The average molecular weight is 362 g/mol. The molecule has 0 aromatic heterocycles. The number of esters is 1. The maximum absolute atomic E-state index is 12.6. The summed E-state index contributed by atoms with van der Waals surface area (Å²) in [7, 11) is 4.90. The minimum atomic E-state index is -0.143. The fourth-order valence-corrected chi connectivity index (χ4v) is 3.40. The lowest BCUT2D eigenvalue weighted by Gasteiger charge is -2.24. The number of para-hydroxylation sites is 1. The predicted molar refractivity (Wildman–Crippen MR) is 99.9 cm³/mol. The van der Waals surface area contributed by atoms with Gasteiger partial charge in [-0.1, -0.05) is 18.2 Å². The van der Waals surface area contributed by atoms with Crippen LogP contribution in [-0.4, -0.2) is 62.6 Å². The number of carbonyl (C=O) groups excluding carboxylic acids is 2. The second kappa shape index (κ2) is 10.2. The molecule has 0 saturated carbocycles. The van der Waals surface area contributed by atoms with Gasteiger partial charge in [-0.2, -0.15) is 0 Å². The molecule has 1 atom stereocenters. The van der Waals surface area contributed by atoms with Gasteiger partial charge in [0.25, 0.3) is 0 Å². The molecule has 1 unspecified atom stereocenters. The zero-order chi connectivity index (χ0) is 18.9. The largest absolute Gasteiger partial charge is 0.496 e. The van der Waals surface area contributed by atoms with E-state index in [4.69, 9.17) is 9.47 Å². The molecular weight excluding hydrogens is 332 g/mol. The maximum Gasteiger partial charge on any atom is 0.305 e. The van der Waals surface area contributed by atoms with Crippen LogP contribution >= 0.6 is 0 Å². The number of methoxy groups -OCH3 is 2. The quantitative estimate of drug-likeness (QED) is 0.697. The van der Waals surface area contributed by atoms with Gasteiger partial charge in [-0.3, -0.25) is 14.5 Å². The second-order valence-electron chi connectivity index (χ2n) is 6.91. The van der Waals surface area contributed by atoms with Crippen molar-refractivity contribution in [3.05, 3.63) is 29.8 Å². The minimum Gasteiger partial charge on any atom is -0.496 e. The number of likely N-dealkylation sites (N-methyl/N-ethyl adjacent to an activating group) is 1. The highest BCUT2D eigenvalue weighted by Gasteiger charge is 2.22. The van der Waals surface area contributed by atoms with Crippen molar-refractivity contribution in [1.29, 1.82) is 0 Å². The molecule has 1 fully saturated rings. The molecule has 2 rings (SSSR count). The monoisotopic (exact) mass is 362 g/mol. The second-order valence-corrected chi connectivity index (χ2v) is 6.91. The van der Waals surface area contributed by atoms with E-state index in [0.717, 1.165) is 43.7 Å². The Balaban J connectivity index is 1.84. The molecule has 26 heavy (non-hydrogen) atoms. The summed E-state index contributed by atoms with van der Waals surface area (Å²) in [6.07, 6.45) is 3.42. The van der Waals surface area contributed by atoms with Crippen LogP contribution in [0.1, 0.15) is 31.2 Å². The summed E-state index contributed by atoms with van der Waals surface area (Å²) >= 11 is 0. The molecule has 0 aliphatic carbocycles. The molecular formula is C20H30N2O4. The van der Waals surface area contributed by atoms with Crippen LogP contribution in [0.3, 0.4) is 0 Å². The van der Waals surface area contributed by atoms with Gasteiger partial charge in [-0.25, -0.2) is 0 Å². The van der Waals surface area contributed by atoms with Gasteiger partial charge >= 0.3 is 5.97 Å². The van der Waals surface area contributed by atoms with Crippen LogP contribution in [0.4, 0.5) is 0 Å². The Labute approximate surface area is 156 Å². The molecule has 0 N–H and O–H groups in total. The molecule has 6 heteroatoms. The highest BCUT2D eigenvalue weighted by molar-refractivity contribution is 5.78. The molecule has 1 aromatic carbocycles. The summed E-state index contributed by atoms with van der Waals surface area (Å²) in [5, 5.41) is 0. The van der Waals surface area contributed by atoms with Crippen molar-refractivity contribution < 1.29 is 19.1 Å². The lowest BCUT2D eigenvalue weighted by molar-refractivity contribution is -0.141. The topological polar surface area (TPSA) is 59.1 Å². The highest BCUT2D eigenvalue weighted by Crippen LogP contribution is 2.22. The molecule has 1 saturated heterocycles. The van der Waals surface area contributed by atoms with Crippen LogP contribution in [0.15, 0.2) is 24.3 Å². The number of rotatable bonds is 7. The van der Waals surface area contributed by atoms with Crippen molar-refractivity contribution in [2.75, 3.05) is 40.9 Å². The van der Waals surface area contributed by atoms with E-state index in [-0.39, 0.29) is 11.9 Å². The number of hydrogen-bond donors (Lipinski definition) is 0. The molecule has 1 aromatic rings. The molecule has 0 radical (unpaired) electrons. The first-order valence-corrected chi connectivity index (χ1v) is 9.18. The summed E-state index contributed by atoms with van der Waals surface area (Å²) in [5.41, 5.74) is 1.000. The Morgan fingerprint density at radius 3 is 2.69 bits per heavy atom. The van der Waals surface area contributed by atoms with Gasteiger partial charge in [0.05, 0.1) is 20.8 Å². The summed E-state index contributed by atoms with van der Waals surface area (Å²) in [6, 6.07) is 7.76. The summed E-state index contributed by atoms with van der Waals surface area (Å²) in [5.74, 6) is 1.11. The fourth-order valence-electron chi connectivity index (χ4n) is 3.40. The zero-order valence-electron chi connectivity index (χ0n) is 16.1. The lowest BCUT2D eigenvalue weighted by atomic mass is 9.97. The third-order valence-electron chi connectivity index (χ3n) is 5.01. The number of carbonyl (C=O) groups is 2. The SMILES string of the molecule is COC(=O)CC1CCCN(CC(=O)N(C)Cc2ccccc2OC)CC1. The van der Waals surface area contributed by atoms with Gasteiger partial charge in [-0.05, 0) is 44.3 Å². The summed E-state index contributed by atoms with van der Waals surface area (Å²) in [4.78, 5) is 28.0. The first-order valence-electron chi connectivity index (χ1n) is 9.18. The summed E-state index contributed by atoms with van der Waals surface area (Å²) < 4.78 is 10.1. The van der Waals surface area contributed by atoms with E-state index in [9.17, 15) is 9.59 Å². The standard InChI is InChI=1S/C20H30N2O4/c1-21(14-17-8-4-5-9-18(17)25-2)19(23)15-22-11-6-7-16(10-12-22)13-20(24)26-3/h4-5,8-9,16H,6-7,10-15H2,1-3H3. The fraction of sp³-hybridized carbons (Fsp3) is 0.600. The van der Waals surface area contributed by atoms with Crippen LogP contribution in [0, 0.1) is 5.92 Å². The Morgan fingerprint density at radius 1 is 1.19 bits per heavy atom. The first-order chi connectivity index (χ1) is 12.5. The van der Waals surface area contributed by atoms with E-state index < -0.39 is 0 Å². The van der Waals surface area contributed by atoms with Crippen molar-refractivity contribution in [3.63, 3.8) is 0 Å². The molecule has 6 nitrogen and oxygen atoms in total. The van der Waals surface area contributed by atoms with Crippen molar-refractivity contribution >= 4 is 11.9 Å². The number of benzene rings is 1. The molecule has 1 amide bonds. The van der Waals surface area contributed by atoms with Gasteiger partial charge in [-0.15, -0.1) is 0 Å². The van der Waals surface area contributed by atoms with E-state index >= 15 is 0 Å². The molecule has 144 valence electrons. The van der Waals surface area contributed by atoms with Gasteiger partial charge in [0, 0.05) is 25.6 Å². The van der Waals surface area contributed by atoms with Gasteiger partial charge in [0.1, 0.15) is 5.75 Å². The van der Waals surface area contributed by atoms with Crippen LogP contribution < -0.4 is 4.74 Å². The van der Waals surface area contributed by atoms with E-state index in [1.807, 2.05) is 31.3 Å². The summed E-state index contributed by atoms with van der Waals surface area (Å²) in [6.45, 7) is 2.68. The van der Waals surface area contributed by atoms with Crippen molar-refractivity contribution in [3.8, 4) is 5.75 Å². The third-order valence-corrected chi connectivity index (χ3v) is 5.01. The Hall–Kier alpha value is -2.08. The normalized spacial score (nSPS) is 18.0. The van der Waals surface area contributed by atoms with Gasteiger partial charge in [0.15, 0.2) is 0 Å². The number of ether oxygens (including phenoxy) is 2. The van der Waals surface area contributed by atoms with Crippen LogP contribution in [0.25, 0.3) is 0 Å². The molecule has 0 bridgehead atoms. The average Bonchev–Trinajstić information content (AvgIpc) is 2.87. The number of hydrogen-bond acceptors (Lipinski definition) is 5. The van der Waals surface area contributed by atoms with Crippen molar-refractivity contribution in [1.82, 2.24) is 9.80 Å². The molecule has 0 spiro atoms. The lowest BCUT2D eigenvalue weighted by Crippen LogP contribution is -2.38. The Bertz CT molecular complexity index is 605. The first kappa shape index (κ1) is 20.2. The van der Waals surface area contributed by atoms with E-state index in [2.05, 4.69) is 4.90 Å².